The van der Waals surface area contributed by atoms with Crippen LogP contribution in [0.15, 0.2) is 55.1 Å². The lowest BCUT2D eigenvalue weighted by Gasteiger charge is -2.11. The number of hydrogen-bond donors (Lipinski definition) is 1. The Kier molecular flexibility index (Phi) is 4.20. The van der Waals surface area contributed by atoms with Crippen LogP contribution in [0.1, 0.15) is 15.9 Å². The number of phenols is 1. The van der Waals surface area contributed by atoms with E-state index < -0.39 is 5.97 Å². The van der Waals surface area contributed by atoms with E-state index in [0.717, 1.165) is 11.1 Å². The summed E-state index contributed by atoms with van der Waals surface area (Å²) < 4.78 is 4.99. The Labute approximate surface area is 118 Å². The van der Waals surface area contributed by atoms with Crippen LogP contribution in [0.2, 0.25) is 0 Å². The van der Waals surface area contributed by atoms with Crippen molar-refractivity contribution in [3.8, 4) is 16.9 Å². The van der Waals surface area contributed by atoms with Gasteiger partial charge in [-0.2, -0.15) is 0 Å². The van der Waals surface area contributed by atoms with Gasteiger partial charge < -0.3 is 9.84 Å². The molecule has 20 heavy (non-hydrogen) atoms. The van der Waals surface area contributed by atoms with Crippen LogP contribution in [0.25, 0.3) is 11.1 Å². The summed E-state index contributed by atoms with van der Waals surface area (Å²) in [6.45, 7) is 5.48. The number of benzene rings is 2. The number of ether oxygens (including phenoxy) is 1. The van der Waals surface area contributed by atoms with Gasteiger partial charge in [0, 0.05) is 5.56 Å². The highest BCUT2D eigenvalue weighted by Gasteiger charge is 2.17. The lowest BCUT2D eigenvalue weighted by atomic mass is 9.98. The van der Waals surface area contributed by atoms with Gasteiger partial charge in [0.05, 0.1) is 0 Å². The van der Waals surface area contributed by atoms with Gasteiger partial charge in [-0.15, -0.1) is 0 Å². The SMILES string of the molecule is C=CCOC(=O)c1cc(C)cc(-c2ccccc2)c1O. The summed E-state index contributed by atoms with van der Waals surface area (Å²) in [5.74, 6) is -0.612. The number of aryl methyl sites for hydroxylation is 1. The number of phenolic OH excluding ortho intramolecular Hbond substituents is 1. The summed E-state index contributed by atoms with van der Waals surface area (Å²) in [5, 5.41) is 10.3. The molecule has 2 rings (SSSR count). The number of carbonyl (C=O) groups is 1. The van der Waals surface area contributed by atoms with E-state index in [0.29, 0.717) is 5.56 Å². The lowest BCUT2D eigenvalue weighted by Crippen LogP contribution is -2.06. The van der Waals surface area contributed by atoms with E-state index in [1.54, 1.807) is 6.07 Å². The standard InChI is InChI=1S/C17H16O3/c1-3-9-20-17(19)15-11-12(2)10-14(16(15)18)13-7-5-4-6-8-13/h3-8,10-11,18H,1,9H2,2H3. The predicted molar refractivity (Wildman–Crippen MR) is 78.8 cm³/mol. The summed E-state index contributed by atoms with van der Waals surface area (Å²) >= 11 is 0. The second-order valence-electron chi connectivity index (χ2n) is 4.46. The third-order valence-corrected chi connectivity index (χ3v) is 2.89. The largest absolute Gasteiger partial charge is 0.506 e. The molecule has 0 radical (unpaired) electrons. The van der Waals surface area contributed by atoms with Crippen molar-refractivity contribution in [2.45, 2.75) is 6.92 Å². The number of rotatable bonds is 4. The Morgan fingerprint density at radius 1 is 1.30 bits per heavy atom. The molecule has 102 valence electrons. The van der Waals surface area contributed by atoms with Gasteiger partial charge >= 0.3 is 5.97 Å². The molecule has 0 unspecified atom stereocenters. The topological polar surface area (TPSA) is 46.5 Å². The van der Waals surface area contributed by atoms with Gasteiger partial charge in [0.15, 0.2) is 0 Å². The molecule has 0 spiro atoms. The van der Waals surface area contributed by atoms with Crippen LogP contribution in [0.5, 0.6) is 5.75 Å². The molecule has 0 aliphatic heterocycles. The van der Waals surface area contributed by atoms with E-state index in [9.17, 15) is 9.90 Å². The summed E-state index contributed by atoms with van der Waals surface area (Å²) in [4.78, 5) is 11.9. The molecule has 0 aromatic heterocycles. The van der Waals surface area contributed by atoms with Crippen LogP contribution in [0.3, 0.4) is 0 Å². The normalized spacial score (nSPS) is 10.1. The third-order valence-electron chi connectivity index (χ3n) is 2.89. The highest BCUT2D eigenvalue weighted by atomic mass is 16.5. The van der Waals surface area contributed by atoms with Crippen molar-refractivity contribution in [1.82, 2.24) is 0 Å². The lowest BCUT2D eigenvalue weighted by molar-refractivity contribution is 0.0546. The van der Waals surface area contributed by atoms with Crippen LogP contribution in [-0.2, 0) is 4.74 Å². The van der Waals surface area contributed by atoms with E-state index >= 15 is 0 Å². The zero-order valence-corrected chi connectivity index (χ0v) is 11.3. The zero-order chi connectivity index (χ0) is 14.5. The number of aromatic hydroxyl groups is 1. The Hall–Kier alpha value is -2.55. The van der Waals surface area contributed by atoms with Crippen molar-refractivity contribution in [3.05, 3.63) is 66.2 Å². The molecule has 1 N–H and O–H groups in total. The Morgan fingerprint density at radius 2 is 2.00 bits per heavy atom. The molecule has 0 saturated carbocycles. The van der Waals surface area contributed by atoms with E-state index in [1.807, 2.05) is 43.3 Å². The van der Waals surface area contributed by atoms with Crippen LogP contribution < -0.4 is 0 Å². The molecule has 0 aliphatic rings. The average Bonchev–Trinajstić information content (AvgIpc) is 2.47. The molecule has 0 atom stereocenters. The first kappa shape index (κ1) is 13.9. The highest BCUT2D eigenvalue weighted by Crippen LogP contribution is 2.33. The van der Waals surface area contributed by atoms with Crippen molar-refractivity contribution in [2.24, 2.45) is 0 Å². The first-order valence-corrected chi connectivity index (χ1v) is 6.30. The van der Waals surface area contributed by atoms with Crippen molar-refractivity contribution in [1.29, 1.82) is 0 Å². The van der Waals surface area contributed by atoms with Gasteiger partial charge in [0.2, 0.25) is 0 Å². The molecule has 0 amide bonds. The minimum Gasteiger partial charge on any atom is -0.506 e. The second kappa shape index (κ2) is 6.06. The Balaban J connectivity index is 2.48. The van der Waals surface area contributed by atoms with Gasteiger partial charge in [0.1, 0.15) is 17.9 Å². The molecule has 0 aliphatic carbocycles. The second-order valence-corrected chi connectivity index (χ2v) is 4.46. The number of carbonyl (C=O) groups excluding carboxylic acids is 1. The maximum absolute atomic E-state index is 11.9. The predicted octanol–water partition coefficient (Wildman–Crippen LogP) is 3.71. The fourth-order valence-corrected chi connectivity index (χ4v) is 1.98. The van der Waals surface area contributed by atoms with E-state index in [2.05, 4.69) is 6.58 Å². The zero-order valence-electron chi connectivity index (χ0n) is 11.3. The van der Waals surface area contributed by atoms with Gasteiger partial charge in [-0.05, 0) is 30.2 Å². The van der Waals surface area contributed by atoms with Crippen LogP contribution in [0.4, 0.5) is 0 Å². The third kappa shape index (κ3) is 2.88. The molecule has 2 aromatic rings. The van der Waals surface area contributed by atoms with Crippen molar-refractivity contribution < 1.29 is 14.6 Å². The minimum absolute atomic E-state index is 0.0594. The van der Waals surface area contributed by atoms with E-state index in [-0.39, 0.29) is 17.9 Å². The minimum atomic E-state index is -0.553. The summed E-state index contributed by atoms with van der Waals surface area (Å²) in [7, 11) is 0. The van der Waals surface area contributed by atoms with E-state index in [1.165, 1.54) is 6.08 Å². The summed E-state index contributed by atoms with van der Waals surface area (Å²) in [6.07, 6.45) is 1.49. The van der Waals surface area contributed by atoms with Gasteiger partial charge in [-0.3, -0.25) is 0 Å². The molecule has 2 aromatic carbocycles. The fraction of sp³-hybridized carbons (Fsp3) is 0.118. The van der Waals surface area contributed by atoms with Crippen molar-refractivity contribution >= 4 is 5.97 Å². The molecule has 0 heterocycles. The average molecular weight is 268 g/mol. The molecule has 0 bridgehead atoms. The van der Waals surface area contributed by atoms with Crippen LogP contribution >= 0.6 is 0 Å². The van der Waals surface area contributed by atoms with Crippen LogP contribution in [-0.4, -0.2) is 17.7 Å². The quantitative estimate of drug-likeness (QED) is 0.679. The molecule has 3 nitrogen and oxygen atoms in total. The number of hydrogen-bond acceptors (Lipinski definition) is 3. The first-order chi connectivity index (χ1) is 9.63. The van der Waals surface area contributed by atoms with E-state index in [4.69, 9.17) is 4.74 Å². The maximum Gasteiger partial charge on any atom is 0.342 e. The monoisotopic (exact) mass is 268 g/mol. The highest BCUT2D eigenvalue weighted by molar-refractivity contribution is 5.96. The Bertz CT molecular complexity index is 630. The summed E-state index contributed by atoms with van der Waals surface area (Å²) in [6, 6.07) is 12.9. The fourth-order valence-electron chi connectivity index (χ4n) is 1.98. The van der Waals surface area contributed by atoms with Crippen molar-refractivity contribution in [3.63, 3.8) is 0 Å². The van der Waals surface area contributed by atoms with Gasteiger partial charge in [-0.25, -0.2) is 4.79 Å². The number of esters is 1. The molecule has 3 heteroatoms. The molecule has 0 fully saturated rings. The molecule has 0 saturated heterocycles. The first-order valence-electron chi connectivity index (χ1n) is 6.30. The van der Waals surface area contributed by atoms with Gasteiger partial charge in [0.25, 0.3) is 0 Å². The van der Waals surface area contributed by atoms with Crippen molar-refractivity contribution in [2.75, 3.05) is 6.61 Å². The summed E-state index contributed by atoms with van der Waals surface area (Å²) in [5.41, 5.74) is 2.53. The maximum atomic E-state index is 11.9. The molecular formula is C17H16O3. The van der Waals surface area contributed by atoms with Crippen LogP contribution in [0, 0.1) is 6.92 Å². The Morgan fingerprint density at radius 3 is 2.65 bits per heavy atom. The smallest absolute Gasteiger partial charge is 0.342 e. The van der Waals surface area contributed by atoms with Gasteiger partial charge in [-0.1, -0.05) is 43.0 Å². The molecular weight excluding hydrogens is 252 g/mol.